The molecule has 1 unspecified atom stereocenters. The molecular weight excluding hydrogens is 570 g/mol. The highest BCUT2D eigenvalue weighted by molar-refractivity contribution is 8.00. The van der Waals surface area contributed by atoms with Crippen LogP contribution in [-0.2, 0) is 19.1 Å². The maximum absolute atomic E-state index is 13.6. The zero-order valence-electron chi connectivity index (χ0n) is 25.0. The van der Waals surface area contributed by atoms with E-state index in [2.05, 4.69) is 52.3 Å². The predicted molar refractivity (Wildman–Crippen MR) is 174 cm³/mol. The van der Waals surface area contributed by atoms with Gasteiger partial charge in [-0.15, -0.1) is 11.8 Å². The van der Waals surface area contributed by atoms with Crippen LogP contribution in [0.15, 0.2) is 121 Å². The highest BCUT2D eigenvalue weighted by atomic mass is 32.2. The van der Waals surface area contributed by atoms with Crippen molar-refractivity contribution in [1.82, 2.24) is 16.0 Å². The Morgan fingerprint density at radius 1 is 0.773 bits per heavy atom. The van der Waals surface area contributed by atoms with Crippen molar-refractivity contribution in [3.05, 3.63) is 144 Å². The van der Waals surface area contributed by atoms with E-state index in [1.165, 1.54) is 0 Å². The third-order valence-corrected chi connectivity index (χ3v) is 9.05. The summed E-state index contributed by atoms with van der Waals surface area (Å²) in [6.45, 7) is 5.27. The number of rotatable bonds is 10. The number of thioether (sulfide) groups is 1. The van der Waals surface area contributed by atoms with Crippen LogP contribution < -0.4 is 16.0 Å². The zero-order chi connectivity index (χ0) is 31.2. The van der Waals surface area contributed by atoms with Crippen LogP contribution in [0.5, 0.6) is 0 Å². The number of β-lactam (4-membered cyclic amide) rings is 1. The summed E-state index contributed by atoms with van der Waals surface area (Å²) in [4.78, 5) is 39.1. The van der Waals surface area contributed by atoms with Crippen molar-refractivity contribution in [3.63, 3.8) is 0 Å². The van der Waals surface area contributed by atoms with Crippen molar-refractivity contribution in [2.75, 3.05) is 5.75 Å². The Hall–Kier alpha value is -4.56. The molecule has 3 atom stereocenters. The molecule has 0 bridgehead atoms. The first kappa shape index (κ1) is 30.9. The molecule has 1 aliphatic rings. The molecule has 44 heavy (non-hydrogen) atoms. The molecule has 0 radical (unpaired) electrons. The average Bonchev–Trinajstić information content (AvgIpc) is 3.03. The number of hydrogen-bond acceptors (Lipinski definition) is 5. The topological polar surface area (TPSA) is 96.5 Å². The minimum Gasteiger partial charge on any atom is -0.444 e. The van der Waals surface area contributed by atoms with E-state index in [1.807, 2.05) is 60.7 Å². The molecule has 4 aromatic carbocycles. The largest absolute Gasteiger partial charge is 0.444 e. The molecule has 7 nitrogen and oxygen atoms in total. The van der Waals surface area contributed by atoms with Crippen molar-refractivity contribution in [2.24, 2.45) is 0 Å². The standard InChI is InChI=1S/C36H37N3O4S/c1-35(2,3)43-34(42)39-30(25-16-8-4-9-17-25)32(40)38-31-29(37-33(31)41)24-44-36(26-18-10-5-11-19-26,27-20-12-6-13-21-27)28-22-14-7-15-23-28/h4-23,29-31H,24H2,1-3H3,(H,37,41)(H,38,40)(H,39,42)/t29-,30?,31+/m1/s1. The van der Waals surface area contributed by atoms with E-state index >= 15 is 0 Å². The SMILES string of the molecule is CC(C)(C)OC(=O)NC(C(=O)N[C@@H]1C(=O)N[C@@H]1CSC(c1ccccc1)(c1ccccc1)c1ccccc1)c1ccccc1. The van der Waals surface area contributed by atoms with E-state index in [0.29, 0.717) is 11.3 Å². The number of carbonyl (C=O) groups is 3. The maximum Gasteiger partial charge on any atom is 0.408 e. The van der Waals surface area contributed by atoms with Crippen molar-refractivity contribution in [3.8, 4) is 0 Å². The number of hydrogen-bond donors (Lipinski definition) is 3. The summed E-state index contributed by atoms with van der Waals surface area (Å²) in [7, 11) is 0. The van der Waals surface area contributed by atoms with Crippen LogP contribution in [0, 0.1) is 0 Å². The van der Waals surface area contributed by atoms with E-state index in [1.54, 1.807) is 56.8 Å². The van der Waals surface area contributed by atoms with Gasteiger partial charge in [0, 0.05) is 5.75 Å². The van der Waals surface area contributed by atoms with Crippen LogP contribution in [0.2, 0.25) is 0 Å². The smallest absolute Gasteiger partial charge is 0.408 e. The lowest BCUT2D eigenvalue weighted by atomic mass is 9.84. The van der Waals surface area contributed by atoms with E-state index in [9.17, 15) is 14.4 Å². The number of ether oxygens (including phenoxy) is 1. The van der Waals surface area contributed by atoms with Gasteiger partial charge in [-0.1, -0.05) is 121 Å². The second kappa shape index (κ2) is 13.4. The summed E-state index contributed by atoms with van der Waals surface area (Å²) in [5.74, 6) is -0.236. The van der Waals surface area contributed by atoms with Crippen LogP contribution in [0.25, 0.3) is 0 Å². The lowest BCUT2D eigenvalue weighted by molar-refractivity contribution is -0.136. The molecule has 1 aliphatic heterocycles. The normalized spacial score (nSPS) is 17.0. The van der Waals surface area contributed by atoms with Crippen LogP contribution in [0.1, 0.15) is 49.1 Å². The highest BCUT2D eigenvalue weighted by Crippen LogP contribution is 2.49. The number of nitrogens with one attached hydrogen (secondary N) is 3. The minimum absolute atomic E-state index is 0.266. The van der Waals surface area contributed by atoms with Gasteiger partial charge in [-0.05, 0) is 43.0 Å². The van der Waals surface area contributed by atoms with Crippen LogP contribution >= 0.6 is 11.8 Å². The van der Waals surface area contributed by atoms with Gasteiger partial charge >= 0.3 is 6.09 Å². The average molecular weight is 608 g/mol. The van der Waals surface area contributed by atoms with Gasteiger partial charge in [-0.25, -0.2) is 4.79 Å². The maximum atomic E-state index is 13.6. The van der Waals surface area contributed by atoms with Crippen LogP contribution in [0.4, 0.5) is 4.79 Å². The summed E-state index contributed by atoms with van der Waals surface area (Å²) in [5.41, 5.74) is 3.18. The van der Waals surface area contributed by atoms with Crippen molar-refractivity contribution >= 4 is 29.7 Å². The van der Waals surface area contributed by atoms with Gasteiger partial charge in [0.2, 0.25) is 11.8 Å². The molecule has 1 fully saturated rings. The van der Waals surface area contributed by atoms with Crippen LogP contribution in [-0.4, -0.2) is 41.3 Å². The molecule has 1 heterocycles. The Kier molecular flexibility index (Phi) is 9.40. The number of carbonyl (C=O) groups excluding carboxylic acids is 3. The van der Waals surface area contributed by atoms with Crippen molar-refractivity contribution < 1.29 is 19.1 Å². The van der Waals surface area contributed by atoms with Crippen molar-refractivity contribution in [2.45, 2.75) is 49.2 Å². The van der Waals surface area contributed by atoms with E-state index in [4.69, 9.17) is 4.74 Å². The number of alkyl carbamates (subject to hydrolysis) is 1. The fraction of sp³-hybridized carbons (Fsp3) is 0.250. The second-order valence-electron chi connectivity index (χ2n) is 11.7. The first-order chi connectivity index (χ1) is 21.2. The van der Waals surface area contributed by atoms with Gasteiger partial charge in [-0.3, -0.25) is 9.59 Å². The summed E-state index contributed by atoms with van der Waals surface area (Å²) < 4.78 is 4.85. The summed E-state index contributed by atoms with van der Waals surface area (Å²) in [6.07, 6.45) is -0.718. The van der Waals surface area contributed by atoms with E-state index in [0.717, 1.165) is 16.7 Å². The van der Waals surface area contributed by atoms with E-state index < -0.39 is 34.4 Å². The Morgan fingerprint density at radius 3 is 1.66 bits per heavy atom. The lowest BCUT2D eigenvalue weighted by Gasteiger charge is -2.41. The molecule has 0 aliphatic carbocycles. The molecular formula is C36H37N3O4S. The Morgan fingerprint density at radius 2 is 1.23 bits per heavy atom. The lowest BCUT2D eigenvalue weighted by Crippen LogP contribution is -2.70. The molecule has 3 amide bonds. The number of amides is 3. The van der Waals surface area contributed by atoms with Gasteiger partial charge in [0.25, 0.3) is 0 Å². The molecule has 0 spiro atoms. The second-order valence-corrected chi connectivity index (χ2v) is 12.9. The fourth-order valence-corrected chi connectivity index (χ4v) is 6.95. The molecule has 0 aromatic heterocycles. The molecule has 5 rings (SSSR count). The molecule has 1 saturated heterocycles. The van der Waals surface area contributed by atoms with Crippen LogP contribution in [0.3, 0.4) is 0 Å². The molecule has 3 N–H and O–H groups in total. The monoisotopic (exact) mass is 607 g/mol. The first-order valence-electron chi connectivity index (χ1n) is 14.6. The fourth-order valence-electron chi connectivity index (χ4n) is 5.34. The minimum atomic E-state index is -1.04. The quantitative estimate of drug-likeness (QED) is 0.153. The van der Waals surface area contributed by atoms with Gasteiger partial charge in [-0.2, -0.15) is 0 Å². The summed E-state index contributed by atoms with van der Waals surface area (Å²) in [5, 5.41) is 8.58. The molecule has 226 valence electrons. The Bertz CT molecular complexity index is 1460. The zero-order valence-corrected chi connectivity index (χ0v) is 25.8. The summed E-state index contributed by atoms with van der Waals surface area (Å²) >= 11 is 1.71. The van der Waals surface area contributed by atoms with Gasteiger partial charge < -0.3 is 20.7 Å². The molecule has 0 saturated carbocycles. The van der Waals surface area contributed by atoms with E-state index in [-0.39, 0.29) is 11.9 Å². The van der Waals surface area contributed by atoms with Gasteiger partial charge in [0.05, 0.1) is 10.8 Å². The number of benzene rings is 4. The molecule has 8 heteroatoms. The first-order valence-corrected chi connectivity index (χ1v) is 15.6. The highest BCUT2D eigenvalue weighted by Gasteiger charge is 2.45. The predicted octanol–water partition coefficient (Wildman–Crippen LogP) is 5.96. The van der Waals surface area contributed by atoms with Crippen molar-refractivity contribution in [1.29, 1.82) is 0 Å². The Balaban J connectivity index is 1.39. The van der Waals surface area contributed by atoms with Gasteiger partial charge in [0.15, 0.2) is 0 Å². The third-order valence-electron chi connectivity index (χ3n) is 7.39. The summed E-state index contributed by atoms with van der Waals surface area (Å²) in [6, 6.07) is 37.7. The third kappa shape index (κ3) is 6.97. The Labute approximate surface area is 262 Å². The molecule has 4 aromatic rings. The van der Waals surface area contributed by atoms with Gasteiger partial charge in [0.1, 0.15) is 17.7 Å².